The van der Waals surface area contributed by atoms with E-state index in [2.05, 4.69) is 5.32 Å². The van der Waals surface area contributed by atoms with Crippen molar-refractivity contribution in [3.63, 3.8) is 0 Å². The largest absolute Gasteiger partial charge is 0.369 e. The summed E-state index contributed by atoms with van der Waals surface area (Å²) in [7, 11) is 0. The molecule has 0 bridgehead atoms. The average molecular weight is 297 g/mol. The zero-order valence-corrected chi connectivity index (χ0v) is 13.0. The maximum Gasteiger partial charge on any atom is 0.246 e. The van der Waals surface area contributed by atoms with E-state index in [1.807, 2.05) is 39.8 Å². The first-order valence-electron chi connectivity index (χ1n) is 6.62. The van der Waals surface area contributed by atoms with Gasteiger partial charge in [0, 0.05) is 17.1 Å². The van der Waals surface area contributed by atoms with Crippen LogP contribution in [0.1, 0.15) is 34.1 Å². The van der Waals surface area contributed by atoms with E-state index in [4.69, 9.17) is 22.1 Å². The smallest absolute Gasteiger partial charge is 0.246 e. The van der Waals surface area contributed by atoms with Gasteiger partial charge < -0.3 is 15.8 Å². The lowest BCUT2D eigenvalue weighted by Crippen LogP contribution is -2.61. The van der Waals surface area contributed by atoms with Gasteiger partial charge in [0.1, 0.15) is 5.54 Å². The topological polar surface area (TPSA) is 64.3 Å². The summed E-state index contributed by atoms with van der Waals surface area (Å²) in [5.41, 5.74) is 4.34. The summed E-state index contributed by atoms with van der Waals surface area (Å²) in [6.07, 6.45) is 0.495. The summed E-state index contributed by atoms with van der Waals surface area (Å²) in [5, 5.41) is 3.86. The lowest BCUT2D eigenvalue weighted by atomic mass is 9.78. The molecule has 1 heterocycles. The lowest BCUT2D eigenvalue weighted by Gasteiger charge is -2.38. The number of carbonyl (C=O) groups excluding carboxylic acids is 1. The van der Waals surface area contributed by atoms with Gasteiger partial charge in [0.2, 0.25) is 5.91 Å². The van der Waals surface area contributed by atoms with Crippen molar-refractivity contribution < 1.29 is 9.53 Å². The molecule has 1 aliphatic heterocycles. The predicted molar refractivity (Wildman–Crippen MR) is 80.9 cm³/mol. The van der Waals surface area contributed by atoms with Crippen molar-refractivity contribution >= 4 is 23.2 Å². The molecule has 0 saturated carbocycles. The van der Waals surface area contributed by atoms with Crippen molar-refractivity contribution in [1.82, 2.24) is 0 Å². The summed E-state index contributed by atoms with van der Waals surface area (Å²) in [5.74, 6) is -0.423. The van der Waals surface area contributed by atoms with Crippen molar-refractivity contribution in [3.8, 4) is 0 Å². The molecule has 1 amide bonds. The standard InChI is InChI=1S/C15H21ClN2O2/c1-13(2)9-15(12(17)19,14(3,4)20-13)18-11-7-5-6-10(16)8-11/h5-8,18H,9H2,1-4H3,(H2,17,19). The average Bonchev–Trinajstić information content (AvgIpc) is 2.44. The Morgan fingerprint density at radius 1 is 1.35 bits per heavy atom. The van der Waals surface area contributed by atoms with Gasteiger partial charge in [-0.1, -0.05) is 17.7 Å². The number of amides is 1. The van der Waals surface area contributed by atoms with E-state index in [0.717, 1.165) is 5.69 Å². The van der Waals surface area contributed by atoms with Crippen LogP contribution in [0.25, 0.3) is 0 Å². The SMILES string of the molecule is CC1(C)CC(Nc2cccc(Cl)c2)(C(N)=O)C(C)(C)O1. The predicted octanol–water partition coefficient (Wildman–Crippen LogP) is 2.95. The Labute approximate surface area is 124 Å². The van der Waals surface area contributed by atoms with E-state index in [1.54, 1.807) is 12.1 Å². The van der Waals surface area contributed by atoms with Gasteiger partial charge in [-0.25, -0.2) is 0 Å². The third-order valence-electron chi connectivity index (χ3n) is 3.85. The monoisotopic (exact) mass is 296 g/mol. The highest BCUT2D eigenvalue weighted by Gasteiger charge is 2.61. The van der Waals surface area contributed by atoms with E-state index in [9.17, 15) is 4.79 Å². The van der Waals surface area contributed by atoms with Gasteiger partial charge in [-0.2, -0.15) is 0 Å². The van der Waals surface area contributed by atoms with Crippen molar-refractivity contribution in [2.24, 2.45) is 5.73 Å². The second kappa shape index (κ2) is 4.64. The number of hydrogen-bond donors (Lipinski definition) is 2. The number of benzene rings is 1. The Bertz CT molecular complexity index is 542. The number of nitrogens with two attached hydrogens (primary N) is 1. The van der Waals surface area contributed by atoms with Gasteiger partial charge in [0.15, 0.2) is 0 Å². The first-order valence-corrected chi connectivity index (χ1v) is 7.00. The van der Waals surface area contributed by atoms with Crippen LogP contribution in [0.15, 0.2) is 24.3 Å². The summed E-state index contributed by atoms with van der Waals surface area (Å²) in [6.45, 7) is 7.67. The Balaban J connectivity index is 2.44. The van der Waals surface area contributed by atoms with Crippen molar-refractivity contribution in [2.45, 2.75) is 50.9 Å². The second-order valence-corrected chi connectivity index (χ2v) is 6.89. The van der Waals surface area contributed by atoms with Crippen LogP contribution in [0, 0.1) is 0 Å². The van der Waals surface area contributed by atoms with Gasteiger partial charge in [0.25, 0.3) is 0 Å². The molecule has 1 fully saturated rings. The zero-order valence-electron chi connectivity index (χ0n) is 12.3. The molecule has 0 radical (unpaired) electrons. The zero-order chi connectivity index (χ0) is 15.2. The van der Waals surface area contributed by atoms with Crippen LogP contribution < -0.4 is 11.1 Å². The van der Waals surface area contributed by atoms with E-state index in [0.29, 0.717) is 11.4 Å². The van der Waals surface area contributed by atoms with Crippen LogP contribution in [-0.2, 0) is 9.53 Å². The first-order chi connectivity index (χ1) is 9.08. The molecule has 20 heavy (non-hydrogen) atoms. The van der Waals surface area contributed by atoms with Crippen LogP contribution in [0.5, 0.6) is 0 Å². The van der Waals surface area contributed by atoms with Crippen LogP contribution in [0.3, 0.4) is 0 Å². The third-order valence-corrected chi connectivity index (χ3v) is 4.09. The molecule has 110 valence electrons. The molecule has 3 N–H and O–H groups in total. The maximum absolute atomic E-state index is 12.2. The third kappa shape index (κ3) is 2.50. The van der Waals surface area contributed by atoms with E-state index < -0.39 is 22.6 Å². The Morgan fingerprint density at radius 2 is 2.00 bits per heavy atom. The van der Waals surface area contributed by atoms with Gasteiger partial charge in [-0.3, -0.25) is 4.79 Å². The number of carbonyl (C=O) groups is 1. The van der Waals surface area contributed by atoms with Crippen LogP contribution in [0.4, 0.5) is 5.69 Å². The van der Waals surface area contributed by atoms with Crippen molar-refractivity contribution in [1.29, 1.82) is 0 Å². The Kier molecular flexibility index (Phi) is 3.51. The summed E-state index contributed by atoms with van der Waals surface area (Å²) in [4.78, 5) is 12.2. The quantitative estimate of drug-likeness (QED) is 0.901. The molecule has 4 nitrogen and oxygen atoms in total. The molecule has 1 saturated heterocycles. The van der Waals surface area contributed by atoms with Gasteiger partial charge in [-0.15, -0.1) is 0 Å². The van der Waals surface area contributed by atoms with E-state index in [1.165, 1.54) is 0 Å². The second-order valence-electron chi connectivity index (χ2n) is 6.45. The fraction of sp³-hybridized carbons (Fsp3) is 0.533. The lowest BCUT2D eigenvalue weighted by molar-refractivity contribution is -0.129. The molecule has 5 heteroatoms. The highest BCUT2D eigenvalue weighted by atomic mass is 35.5. The van der Waals surface area contributed by atoms with Crippen LogP contribution >= 0.6 is 11.6 Å². The molecule has 2 rings (SSSR count). The van der Waals surface area contributed by atoms with Crippen LogP contribution in [0.2, 0.25) is 5.02 Å². The Hall–Kier alpha value is -1.26. The number of anilines is 1. The minimum atomic E-state index is -0.971. The van der Waals surface area contributed by atoms with Gasteiger partial charge >= 0.3 is 0 Å². The minimum Gasteiger partial charge on any atom is -0.369 e. The molecule has 0 aliphatic carbocycles. The fourth-order valence-corrected chi connectivity index (χ4v) is 3.31. The molecular formula is C15H21ClN2O2. The maximum atomic E-state index is 12.2. The summed E-state index contributed by atoms with van der Waals surface area (Å²) < 4.78 is 6.02. The first kappa shape index (κ1) is 15.1. The molecule has 0 aromatic heterocycles. The number of ether oxygens (including phenoxy) is 1. The van der Waals surface area contributed by atoms with E-state index >= 15 is 0 Å². The van der Waals surface area contributed by atoms with Crippen molar-refractivity contribution in [3.05, 3.63) is 29.3 Å². The molecule has 1 aromatic carbocycles. The highest BCUT2D eigenvalue weighted by molar-refractivity contribution is 6.30. The number of hydrogen-bond acceptors (Lipinski definition) is 3. The van der Waals surface area contributed by atoms with Gasteiger partial charge in [-0.05, 0) is 45.9 Å². The molecule has 1 atom stereocenters. The fourth-order valence-electron chi connectivity index (χ4n) is 3.12. The number of nitrogens with one attached hydrogen (secondary N) is 1. The Morgan fingerprint density at radius 3 is 2.45 bits per heavy atom. The van der Waals surface area contributed by atoms with Crippen molar-refractivity contribution in [2.75, 3.05) is 5.32 Å². The molecule has 0 spiro atoms. The van der Waals surface area contributed by atoms with E-state index in [-0.39, 0.29) is 0 Å². The number of primary amides is 1. The highest BCUT2D eigenvalue weighted by Crippen LogP contribution is 2.46. The molecular weight excluding hydrogens is 276 g/mol. The van der Waals surface area contributed by atoms with Crippen LogP contribution in [-0.4, -0.2) is 22.6 Å². The summed E-state index contributed by atoms with van der Waals surface area (Å²) in [6, 6.07) is 7.24. The molecule has 1 aromatic rings. The number of rotatable bonds is 3. The minimum absolute atomic E-state index is 0.423. The summed E-state index contributed by atoms with van der Waals surface area (Å²) >= 11 is 5.99. The van der Waals surface area contributed by atoms with Gasteiger partial charge in [0.05, 0.1) is 11.2 Å². The molecule has 1 unspecified atom stereocenters. The molecule has 1 aliphatic rings. The number of halogens is 1. The normalized spacial score (nSPS) is 27.2.